The Morgan fingerprint density at radius 1 is 1.09 bits per heavy atom. The topological polar surface area (TPSA) is 91.4 Å². The minimum absolute atomic E-state index is 0.0534. The highest BCUT2D eigenvalue weighted by Gasteiger charge is 2.21. The second-order valence-corrected chi connectivity index (χ2v) is 10.1. The fourth-order valence-corrected chi connectivity index (χ4v) is 5.05. The Morgan fingerprint density at radius 2 is 1.82 bits per heavy atom. The lowest BCUT2D eigenvalue weighted by Gasteiger charge is -2.13. The molecule has 5 aromatic rings. The lowest BCUT2D eigenvalue weighted by Crippen LogP contribution is -2.06. The molecule has 0 N–H and O–H groups in total. The van der Waals surface area contributed by atoms with E-state index in [1.807, 2.05) is 36.6 Å². The first-order chi connectivity index (χ1) is 15.9. The molecule has 0 aliphatic rings. The zero-order valence-electron chi connectivity index (χ0n) is 17.2. The lowest BCUT2D eigenvalue weighted by atomic mass is 10.2. The lowest BCUT2D eigenvalue weighted by molar-refractivity contribution is 0.112. The summed E-state index contributed by atoms with van der Waals surface area (Å²) in [5.41, 5.74) is 2.48. The molecular formula is C21H14BrCl2N7OS. The van der Waals surface area contributed by atoms with Gasteiger partial charge in [0.15, 0.2) is 12.1 Å². The highest BCUT2D eigenvalue weighted by atomic mass is 79.9. The van der Waals surface area contributed by atoms with E-state index in [1.54, 1.807) is 23.0 Å². The quantitative estimate of drug-likeness (QED) is 0.236. The van der Waals surface area contributed by atoms with Crippen molar-refractivity contribution in [3.8, 4) is 5.82 Å². The van der Waals surface area contributed by atoms with Gasteiger partial charge in [0.05, 0.1) is 32.6 Å². The number of benzene rings is 2. The number of rotatable bonds is 5. The van der Waals surface area contributed by atoms with Crippen LogP contribution in [0.5, 0.6) is 0 Å². The zero-order valence-corrected chi connectivity index (χ0v) is 21.1. The van der Waals surface area contributed by atoms with E-state index in [0.29, 0.717) is 42.6 Å². The van der Waals surface area contributed by atoms with Crippen molar-refractivity contribution in [2.75, 3.05) is 0 Å². The van der Waals surface area contributed by atoms with Crippen molar-refractivity contribution in [2.45, 2.75) is 30.1 Å². The molecule has 0 saturated carbocycles. The van der Waals surface area contributed by atoms with E-state index in [9.17, 15) is 4.79 Å². The molecule has 3 heterocycles. The largest absolute Gasteiger partial charge is 0.298 e. The Bertz CT molecular complexity index is 1550. The van der Waals surface area contributed by atoms with Gasteiger partial charge in [-0.3, -0.25) is 9.36 Å². The summed E-state index contributed by atoms with van der Waals surface area (Å²) in [4.78, 5) is 21.5. The summed E-state index contributed by atoms with van der Waals surface area (Å²) in [6.45, 7) is 3.98. The predicted octanol–water partition coefficient (Wildman–Crippen LogP) is 6.17. The predicted molar refractivity (Wildman–Crippen MR) is 132 cm³/mol. The van der Waals surface area contributed by atoms with Gasteiger partial charge in [0.1, 0.15) is 5.03 Å². The van der Waals surface area contributed by atoms with Gasteiger partial charge < -0.3 is 0 Å². The van der Waals surface area contributed by atoms with E-state index in [2.05, 4.69) is 31.5 Å². The maximum Gasteiger partial charge on any atom is 0.215 e. The van der Waals surface area contributed by atoms with Crippen LogP contribution in [0.15, 0.2) is 51.2 Å². The number of hydrogen-bond donors (Lipinski definition) is 0. The number of carbonyl (C=O) groups excluding carboxylic acids is 1. The number of nitrogens with zero attached hydrogens (tertiary/aromatic N) is 7. The molecule has 166 valence electrons. The van der Waals surface area contributed by atoms with Gasteiger partial charge in [0.25, 0.3) is 0 Å². The van der Waals surface area contributed by atoms with E-state index >= 15 is 0 Å². The number of aldehydes is 1. The van der Waals surface area contributed by atoms with E-state index in [4.69, 9.17) is 33.2 Å². The van der Waals surface area contributed by atoms with Crippen molar-refractivity contribution in [3.05, 3.63) is 56.6 Å². The maximum absolute atomic E-state index is 11.8. The molecule has 0 aliphatic heterocycles. The Labute approximate surface area is 210 Å². The second-order valence-electron chi connectivity index (χ2n) is 7.44. The molecule has 0 saturated heterocycles. The molecule has 12 heteroatoms. The first kappa shape index (κ1) is 22.3. The number of hydrogen-bond acceptors (Lipinski definition) is 7. The standard InChI is InChI=1S/C21H14BrCl2N7OS/c1-10(2)31-21(27-28-29-31)33-20-19(25-16-6-14(23)15(24)7-17(16)26-20)30-8-11(9-32)13-4-3-12(22)5-18(13)30/h3-10H,1-2H3. The molecular weight excluding hydrogens is 549 g/mol. The summed E-state index contributed by atoms with van der Waals surface area (Å²) >= 11 is 17.3. The number of halogens is 3. The summed E-state index contributed by atoms with van der Waals surface area (Å²) in [7, 11) is 0. The summed E-state index contributed by atoms with van der Waals surface area (Å²) in [5.74, 6) is 0.514. The van der Waals surface area contributed by atoms with Crippen LogP contribution >= 0.6 is 50.9 Å². The molecule has 0 fully saturated rings. The van der Waals surface area contributed by atoms with Gasteiger partial charge in [-0.15, -0.1) is 5.10 Å². The first-order valence-electron chi connectivity index (χ1n) is 9.74. The van der Waals surface area contributed by atoms with E-state index in [0.717, 1.165) is 21.7 Å². The van der Waals surface area contributed by atoms with Gasteiger partial charge in [-0.05, 0) is 60.3 Å². The van der Waals surface area contributed by atoms with Gasteiger partial charge in [0.2, 0.25) is 5.16 Å². The fourth-order valence-electron chi connectivity index (χ4n) is 3.41. The van der Waals surface area contributed by atoms with Crippen LogP contribution in [0, 0.1) is 0 Å². The molecule has 2 aromatic carbocycles. The van der Waals surface area contributed by atoms with Crippen LogP contribution in [0.1, 0.15) is 30.2 Å². The van der Waals surface area contributed by atoms with Crippen molar-refractivity contribution in [1.29, 1.82) is 0 Å². The minimum Gasteiger partial charge on any atom is -0.298 e. The SMILES string of the molecule is CC(C)n1nnnc1Sc1nc2cc(Cl)c(Cl)cc2nc1-n1cc(C=O)c2ccc(Br)cc21. The third-order valence-corrected chi connectivity index (χ3v) is 7.08. The zero-order chi connectivity index (χ0) is 23.3. The highest BCUT2D eigenvalue weighted by molar-refractivity contribution is 9.10. The van der Waals surface area contributed by atoms with Crippen molar-refractivity contribution >= 4 is 79.1 Å². The summed E-state index contributed by atoms with van der Waals surface area (Å²) in [6, 6.07) is 9.10. The van der Waals surface area contributed by atoms with Gasteiger partial charge in [-0.25, -0.2) is 14.6 Å². The molecule has 0 amide bonds. The average molecular weight is 563 g/mol. The Hall–Kier alpha value is -2.53. The third-order valence-electron chi connectivity index (χ3n) is 4.95. The molecule has 8 nitrogen and oxygen atoms in total. The van der Waals surface area contributed by atoms with Gasteiger partial charge in [0, 0.05) is 21.6 Å². The molecule has 0 bridgehead atoms. The average Bonchev–Trinajstić information content (AvgIpc) is 3.39. The maximum atomic E-state index is 11.8. The minimum atomic E-state index is 0.0534. The van der Waals surface area contributed by atoms with Crippen LogP contribution in [-0.4, -0.2) is 41.0 Å². The second kappa shape index (κ2) is 8.68. The Kier molecular flexibility index (Phi) is 5.86. The molecule has 0 spiro atoms. The van der Waals surface area contributed by atoms with Crippen LogP contribution in [-0.2, 0) is 0 Å². The molecule has 0 unspecified atom stereocenters. The van der Waals surface area contributed by atoms with Gasteiger partial charge >= 0.3 is 0 Å². The molecule has 0 atom stereocenters. The summed E-state index contributed by atoms with van der Waals surface area (Å²) < 4.78 is 4.41. The monoisotopic (exact) mass is 561 g/mol. The van der Waals surface area contributed by atoms with Crippen LogP contribution in [0.2, 0.25) is 10.0 Å². The van der Waals surface area contributed by atoms with Crippen LogP contribution in [0.4, 0.5) is 0 Å². The number of aromatic nitrogens is 7. The van der Waals surface area contributed by atoms with E-state index in [-0.39, 0.29) is 6.04 Å². The van der Waals surface area contributed by atoms with Gasteiger partial charge in [-0.2, -0.15) is 0 Å². The Morgan fingerprint density at radius 3 is 2.52 bits per heavy atom. The number of fused-ring (bicyclic) bond motifs is 2. The molecule has 33 heavy (non-hydrogen) atoms. The van der Waals surface area contributed by atoms with E-state index in [1.165, 1.54) is 11.8 Å². The van der Waals surface area contributed by atoms with Crippen molar-refractivity contribution in [1.82, 2.24) is 34.7 Å². The first-order valence-corrected chi connectivity index (χ1v) is 12.1. The smallest absolute Gasteiger partial charge is 0.215 e. The summed E-state index contributed by atoms with van der Waals surface area (Å²) in [6.07, 6.45) is 2.57. The van der Waals surface area contributed by atoms with Crippen LogP contribution < -0.4 is 0 Å². The Balaban J connectivity index is 1.80. The third kappa shape index (κ3) is 4.01. The molecule has 0 aliphatic carbocycles. The van der Waals surface area contributed by atoms with Crippen LogP contribution in [0.25, 0.3) is 27.8 Å². The van der Waals surface area contributed by atoms with Crippen molar-refractivity contribution in [2.24, 2.45) is 0 Å². The highest BCUT2D eigenvalue weighted by Crippen LogP contribution is 2.36. The molecule has 5 rings (SSSR count). The van der Waals surface area contributed by atoms with Gasteiger partial charge in [-0.1, -0.05) is 45.2 Å². The van der Waals surface area contributed by atoms with E-state index < -0.39 is 0 Å². The van der Waals surface area contributed by atoms with Crippen molar-refractivity contribution < 1.29 is 4.79 Å². The summed E-state index contributed by atoms with van der Waals surface area (Å²) in [5, 5.41) is 14.7. The normalized spacial score (nSPS) is 11.7. The fraction of sp³-hybridized carbons (Fsp3) is 0.143. The number of tetrazole rings is 1. The molecule has 3 aromatic heterocycles. The molecule has 0 radical (unpaired) electrons. The van der Waals surface area contributed by atoms with Crippen LogP contribution in [0.3, 0.4) is 0 Å². The number of carbonyl (C=O) groups is 1. The van der Waals surface area contributed by atoms with Crippen molar-refractivity contribution in [3.63, 3.8) is 0 Å².